The lowest BCUT2D eigenvalue weighted by Gasteiger charge is -2.10. The first-order valence-electron chi connectivity index (χ1n) is 4.77. The summed E-state index contributed by atoms with van der Waals surface area (Å²) in [4.78, 5) is 0. The van der Waals surface area contributed by atoms with Gasteiger partial charge < -0.3 is 14.9 Å². The largest absolute Gasteiger partial charge is 0.396 e. The van der Waals surface area contributed by atoms with Crippen LogP contribution in [0.15, 0.2) is 30.3 Å². The van der Waals surface area contributed by atoms with E-state index >= 15 is 0 Å². The first-order valence-corrected chi connectivity index (χ1v) is 4.77. The van der Waals surface area contributed by atoms with Crippen LogP contribution in [-0.4, -0.2) is 29.7 Å². The first-order chi connectivity index (χ1) is 6.83. The molecule has 0 fully saturated rings. The second kappa shape index (κ2) is 6.54. The fourth-order valence-corrected chi connectivity index (χ4v) is 1.15. The highest BCUT2D eigenvalue weighted by Crippen LogP contribution is 2.01. The lowest BCUT2D eigenvalue weighted by molar-refractivity contribution is -0.107. The Morgan fingerprint density at radius 2 is 1.93 bits per heavy atom. The standard InChI is InChI=1S/C11H16O3/c12-8-6-11(13)14-9-7-10-4-2-1-3-5-10/h1-5,11-13H,6-9H2. The van der Waals surface area contributed by atoms with E-state index in [1.165, 1.54) is 5.56 Å². The number of ether oxygens (including phenoxy) is 1. The molecule has 2 N–H and O–H groups in total. The van der Waals surface area contributed by atoms with E-state index in [0.717, 1.165) is 6.42 Å². The van der Waals surface area contributed by atoms with Crippen molar-refractivity contribution < 1.29 is 14.9 Å². The predicted octanol–water partition coefficient (Wildman–Crippen LogP) is 0.946. The van der Waals surface area contributed by atoms with Crippen LogP contribution in [0.5, 0.6) is 0 Å². The summed E-state index contributed by atoms with van der Waals surface area (Å²) in [6, 6.07) is 9.94. The summed E-state index contributed by atoms with van der Waals surface area (Å²) in [6.45, 7) is 0.428. The molecule has 0 saturated carbocycles. The van der Waals surface area contributed by atoms with E-state index in [0.29, 0.717) is 6.61 Å². The Balaban J connectivity index is 2.16. The van der Waals surface area contributed by atoms with E-state index in [1.54, 1.807) is 0 Å². The molecule has 0 aliphatic carbocycles. The molecule has 14 heavy (non-hydrogen) atoms. The number of aliphatic hydroxyl groups excluding tert-OH is 2. The summed E-state index contributed by atoms with van der Waals surface area (Å²) >= 11 is 0. The van der Waals surface area contributed by atoms with Crippen LogP contribution in [0.4, 0.5) is 0 Å². The van der Waals surface area contributed by atoms with Crippen LogP contribution < -0.4 is 0 Å². The maximum Gasteiger partial charge on any atom is 0.156 e. The zero-order valence-electron chi connectivity index (χ0n) is 8.10. The first kappa shape index (κ1) is 11.2. The minimum absolute atomic E-state index is 0.0491. The van der Waals surface area contributed by atoms with Crippen molar-refractivity contribution in [1.29, 1.82) is 0 Å². The molecule has 3 heteroatoms. The van der Waals surface area contributed by atoms with Gasteiger partial charge in [-0.05, 0) is 12.0 Å². The monoisotopic (exact) mass is 196 g/mol. The van der Waals surface area contributed by atoms with Crippen molar-refractivity contribution in [3.63, 3.8) is 0 Å². The lowest BCUT2D eigenvalue weighted by atomic mass is 10.2. The summed E-state index contributed by atoms with van der Waals surface area (Å²) in [5, 5.41) is 17.7. The van der Waals surface area contributed by atoms with Crippen molar-refractivity contribution in [2.24, 2.45) is 0 Å². The normalized spacial score (nSPS) is 12.7. The molecule has 0 aliphatic rings. The molecule has 1 aromatic carbocycles. The van der Waals surface area contributed by atoms with Crippen LogP contribution in [-0.2, 0) is 11.2 Å². The number of aliphatic hydroxyl groups is 2. The fraction of sp³-hybridized carbons (Fsp3) is 0.455. The molecule has 0 aliphatic heterocycles. The summed E-state index contributed by atoms with van der Waals surface area (Å²) in [6.07, 6.45) is 0.210. The van der Waals surface area contributed by atoms with Crippen molar-refractivity contribution in [3.8, 4) is 0 Å². The van der Waals surface area contributed by atoms with Crippen molar-refractivity contribution in [2.45, 2.75) is 19.1 Å². The van der Waals surface area contributed by atoms with Crippen molar-refractivity contribution in [3.05, 3.63) is 35.9 Å². The number of rotatable bonds is 6. The van der Waals surface area contributed by atoms with E-state index in [4.69, 9.17) is 14.9 Å². The van der Waals surface area contributed by atoms with Gasteiger partial charge in [0.1, 0.15) is 0 Å². The highest BCUT2D eigenvalue weighted by atomic mass is 16.6. The van der Waals surface area contributed by atoms with Gasteiger partial charge >= 0.3 is 0 Å². The van der Waals surface area contributed by atoms with Crippen LogP contribution in [0.2, 0.25) is 0 Å². The topological polar surface area (TPSA) is 49.7 Å². The minimum atomic E-state index is -0.844. The molecule has 0 saturated heterocycles. The molecule has 0 heterocycles. The van der Waals surface area contributed by atoms with Gasteiger partial charge in [0, 0.05) is 13.0 Å². The molecule has 1 unspecified atom stereocenters. The molecule has 0 aromatic heterocycles. The van der Waals surface area contributed by atoms with Gasteiger partial charge in [-0.2, -0.15) is 0 Å². The molecule has 1 atom stereocenters. The zero-order chi connectivity index (χ0) is 10.2. The number of hydrogen-bond donors (Lipinski definition) is 2. The van der Waals surface area contributed by atoms with E-state index in [1.807, 2.05) is 30.3 Å². The highest BCUT2D eigenvalue weighted by Gasteiger charge is 2.01. The molecule has 0 bridgehead atoms. The smallest absolute Gasteiger partial charge is 0.156 e. The molecule has 1 rings (SSSR count). The van der Waals surface area contributed by atoms with Gasteiger partial charge in [-0.25, -0.2) is 0 Å². The molecular formula is C11H16O3. The quantitative estimate of drug-likeness (QED) is 0.666. The molecular weight excluding hydrogens is 180 g/mol. The Morgan fingerprint density at radius 1 is 1.21 bits per heavy atom. The fourth-order valence-electron chi connectivity index (χ4n) is 1.15. The maximum atomic E-state index is 9.14. The highest BCUT2D eigenvalue weighted by molar-refractivity contribution is 5.14. The maximum absolute atomic E-state index is 9.14. The van der Waals surface area contributed by atoms with Gasteiger partial charge in [-0.3, -0.25) is 0 Å². The third-order valence-corrected chi connectivity index (χ3v) is 1.92. The predicted molar refractivity (Wildman–Crippen MR) is 53.8 cm³/mol. The van der Waals surface area contributed by atoms with Gasteiger partial charge in [0.05, 0.1) is 6.61 Å². The molecule has 3 nitrogen and oxygen atoms in total. The Kier molecular flexibility index (Phi) is 5.22. The third kappa shape index (κ3) is 4.37. The Labute approximate surface area is 84.0 Å². The molecule has 0 radical (unpaired) electrons. The average Bonchev–Trinajstić information content (AvgIpc) is 2.20. The summed E-state index contributed by atoms with van der Waals surface area (Å²) in [7, 11) is 0. The summed E-state index contributed by atoms with van der Waals surface area (Å²) in [5.41, 5.74) is 1.18. The average molecular weight is 196 g/mol. The van der Waals surface area contributed by atoms with E-state index in [-0.39, 0.29) is 13.0 Å². The Morgan fingerprint density at radius 3 is 2.57 bits per heavy atom. The van der Waals surface area contributed by atoms with E-state index in [9.17, 15) is 0 Å². The van der Waals surface area contributed by atoms with Gasteiger partial charge in [0.2, 0.25) is 0 Å². The minimum Gasteiger partial charge on any atom is -0.396 e. The zero-order valence-corrected chi connectivity index (χ0v) is 8.10. The van der Waals surface area contributed by atoms with Gasteiger partial charge in [0.25, 0.3) is 0 Å². The Hall–Kier alpha value is -0.900. The lowest BCUT2D eigenvalue weighted by Crippen LogP contribution is -2.15. The van der Waals surface area contributed by atoms with Crippen LogP contribution in [0.1, 0.15) is 12.0 Å². The van der Waals surface area contributed by atoms with E-state index in [2.05, 4.69) is 0 Å². The van der Waals surface area contributed by atoms with Crippen LogP contribution >= 0.6 is 0 Å². The van der Waals surface area contributed by atoms with Crippen molar-refractivity contribution >= 4 is 0 Å². The van der Waals surface area contributed by atoms with Crippen LogP contribution in [0.3, 0.4) is 0 Å². The van der Waals surface area contributed by atoms with Crippen molar-refractivity contribution in [1.82, 2.24) is 0 Å². The molecule has 78 valence electrons. The summed E-state index contributed by atoms with van der Waals surface area (Å²) in [5.74, 6) is 0. The number of hydrogen-bond acceptors (Lipinski definition) is 3. The van der Waals surface area contributed by atoms with Crippen LogP contribution in [0.25, 0.3) is 0 Å². The third-order valence-electron chi connectivity index (χ3n) is 1.92. The second-order valence-corrected chi connectivity index (χ2v) is 3.07. The van der Waals surface area contributed by atoms with Crippen LogP contribution in [0, 0.1) is 0 Å². The van der Waals surface area contributed by atoms with Gasteiger partial charge in [-0.15, -0.1) is 0 Å². The molecule has 1 aromatic rings. The second-order valence-electron chi connectivity index (χ2n) is 3.07. The van der Waals surface area contributed by atoms with Gasteiger partial charge in [0.15, 0.2) is 6.29 Å². The van der Waals surface area contributed by atoms with Crippen molar-refractivity contribution in [2.75, 3.05) is 13.2 Å². The molecule has 0 spiro atoms. The Bertz CT molecular complexity index is 236. The summed E-state index contributed by atoms with van der Waals surface area (Å²) < 4.78 is 5.08. The van der Waals surface area contributed by atoms with E-state index < -0.39 is 6.29 Å². The SMILES string of the molecule is OCCC(O)OCCc1ccccc1. The van der Waals surface area contributed by atoms with Gasteiger partial charge in [-0.1, -0.05) is 30.3 Å². The molecule has 0 amide bonds. The number of benzene rings is 1.